The molecule has 0 radical (unpaired) electrons. The first-order chi connectivity index (χ1) is 6.99. The van der Waals surface area contributed by atoms with Gasteiger partial charge in [-0.2, -0.15) is 0 Å². The Labute approximate surface area is 92.6 Å². The first kappa shape index (κ1) is 12.3. The molecule has 0 spiro atoms. The number of ether oxygens (including phenoxy) is 3. The van der Waals surface area contributed by atoms with E-state index in [1.165, 1.54) is 13.8 Å². The lowest BCUT2D eigenvalue weighted by atomic mass is 10.2. The van der Waals surface area contributed by atoms with Gasteiger partial charge in [0.25, 0.3) is 0 Å². The Hall–Kier alpha value is -0.810. The van der Waals surface area contributed by atoms with Gasteiger partial charge >= 0.3 is 11.9 Å². The molecule has 0 unspecified atom stereocenters. The fourth-order valence-corrected chi connectivity index (χ4v) is 1.66. The van der Waals surface area contributed by atoms with Gasteiger partial charge in [-0.25, -0.2) is 0 Å². The van der Waals surface area contributed by atoms with Gasteiger partial charge in [-0.3, -0.25) is 9.59 Å². The van der Waals surface area contributed by atoms with Crippen molar-refractivity contribution in [1.82, 2.24) is 0 Å². The molecule has 0 aromatic rings. The number of esters is 2. The van der Waals surface area contributed by atoms with Crippen molar-refractivity contribution in [3.05, 3.63) is 0 Å². The highest BCUT2D eigenvalue weighted by atomic mass is 35.5. The van der Waals surface area contributed by atoms with Crippen molar-refractivity contribution in [2.75, 3.05) is 6.61 Å². The zero-order valence-electron chi connectivity index (χ0n) is 8.57. The monoisotopic (exact) mass is 236 g/mol. The molecule has 0 aromatic carbocycles. The van der Waals surface area contributed by atoms with Crippen LogP contribution in [-0.4, -0.2) is 36.3 Å². The van der Waals surface area contributed by atoms with E-state index in [-0.39, 0.29) is 6.61 Å². The van der Waals surface area contributed by atoms with Gasteiger partial charge < -0.3 is 14.2 Å². The molecule has 6 heteroatoms. The minimum atomic E-state index is -0.505. The zero-order valence-corrected chi connectivity index (χ0v) is 9.32. The Balaban J connectivity index is 2.45. The maximum atomic E-state index is 10.8. The molecule has 0 saturated carbocycles. The highest BCUT2D eigenvalue weighted by Crippen LogP contribution is 2.26. The Morgan fingerprint density at radius 1 is 1.40 bits per heavy atom. The second-order valence-electron chi connectivity index (χ2n) is 3.27. The summed E-state index contributed by atoms with van der Waals surface area (Å²) < 4.78 is 15.0. The maximum Gasteiger partial charge on any atom is 0.302 e. The number of halogens is 1. The van der Waals surface area contributed by atoms with E-state index in [4.69, 9.17) is 25.8 Å². The van der Waals surface area contributed by atoms with E-state index >= 15 is 0 Å². The lowest BCUT2D eigenvalue weighted by molar-refractivity contribution is -0.154. The fourth-order valence-electron chi connectivity index (χ4n) is 1.35. The van der Waals surface area contributed by atoms with Crippen LogP contribution in [0.4, 0.5) is 0 Å². The Morgan fingerprint density at radius 2 is 2.07 bits per heavy atom. The highest BCUT2D eigenvalue weighted by Gasteiger charge is 2.37. The van der Waals surface area contributed by atoms with Crippen LogP contribution in [0.25, 0.3) is 0 Å². The van der Waals surface area contributed by atoms with Crippen LogP contribution in [-0.2, 0) is 23.8 Å². The molecule has 1 heterocycles. The SMILES string of the molecule is CC(=O)OC[C@H]1O[C@@H](Cl)C[C@H]1OC(C)=O. The Bertz CT molecular complexity index is 255. The normalized spacial score (nSPS) is 29.9. The molecule has 1 fully saturated rings. The molecule has 5 nitrogen and oxygen atoms in total. The number of carbonyl (C=O) groups is 2. The molecule has 3 atom stereocenters. The molecule has 15 heavy (non-hydrogen) atoms. The smallest absolute Gasteiger partial charge is 0.302 e. The summed E-state index contributed by atoms with van der Waals surface area (Å²) >= 11 is 5.75. The van der Waals surface area contributed by atoms with Crippen LogP contribution in [0, 0.1) is 0 Å². The molecule has 0 aromatic heterocycles. The van der Waals surface area contributed by atoms with Gasteiger partial charge in [0.2, 0.25) is 0 Å². The summed E-state index contributed by atoms with van der Waals surface area (Å²) in [5, 5.41) is 0. The predicted molar refractivity (Wildman–Crippen MR) is 51.3 cm³/mol. The average Bonchev–Trinajstić information content (AvgIpc) is 2.41. The number of rotatable bonds is 3. The van der Waals surface area contributed by atoms with Crippen LogP contribution in [0.3, 0.4) is 0 Å². The van der Waals surface area contributed by atoms with Crippen LogP contribution in [0.1, 0.15) is 20.3 Å². The van der Waals surface area contributed by atoms with Gasteiger partial charge in [-0.05, 0) is 0 Å². The van der Waals surface area contributed by atoms with Gasteiger partial charge in [0.1, 0.15) is 24.4 Å². The van der Waals surface area contributed by atoms with E-state index in [0.29, 0.717) is 6.42 Å². The molecule has 1 rings (SSSR count). The molecule has 0 N–H and O–H groups in total. The molecule has 1 aliphatic heterocycles. The molecule has 1 aliphatic rings. The molecule has 0 aliphatic carbocycles. The highest BCUT2D eigenvalue weighted by molar-refractivity contribution is 6.19. The summed E-state index contributed by atoms with van der Waals surface area (Å²) in [4.78, 5) is 21.4. The van der Waals surface area contributed by atoms with Gasteiger partial charge in [0.05, 0.1) is 0 Å². The van der Waals surface area contributed by atoms with Crippen molar-refractivity contribution in [2.24, 2.45) is 0 Å². The lowest BCUT2D eigenvalue weighted by Crippen LogP contribution is -2.31. The molecular formula is C9H13ClO5. The predicted octanol–water partition coefficient (Wildman–Crippen LogP) is 0.835. The summed E-state index contributed by atoms with van der Waals surface area (Å²) in [5.74, 6) is -0.805. The summed E-state index contributed by atoms with van der Waals surface area (Å²) in [7, 11) is 0. The van der Waals surface area contributed by atoms with Gasteiger partial charge in [-0.1, -0.05) is 11.6 Å². The number of alkyl halides is 1. The second kappa shape index (κ2) is 5.32. The Morgan fingerprint density at radius 3 is 2.60 bits per heavy atom. The number of hydrogen-bond donors (Lipinski definition) is 0. The lowest BCUT2D eigenvalue weighted by Gasteiger charge is -2.17. The zero-order chi connectivity index (χ0) is 11.4. The van der Waals surface area contributed by atoms with Crippen molar-refractivity contribution >= 4 is 23.5 Å². The van der Waals surface area contributed by atoms with Crippen molar-refractivity contribution < 1.29 is 23.8 Å². The quantitative estimate of drug-likeness (QED) is 0.537. The first-order valence-corrected chi connectivity index (χ1v) is 5.03. The molecule has 0 bridgehead atoms. The van der Waals surface area contributed by atoms with E-state index in [2.05, 4.69) is 0 Å². The topological polar surface area (TPSA) is 61.8 Å². The van der Waals surface area contributed by atoms with Crippen LogP contribution in [0.2, 0.25) is 0 Å². The third kappa shape index (κ3) is 4.05. The van der Waals surface area contributed by atoms with E-state index in [9.17, 15) is 9.59 Å². The number of hydrogen-bond acceptors (Lipinski definition) is 5. The van der Waals surface area contributed by atoms with E-state index < -0.39 is 29.7 Å². The fraction of sp³-hybridized carbons (Fsp3) is 0.778. The van der Waals surface area contributed by atoms with Crippen LogP contribution < -0.4 is 0 Å². The average molecular weight is 237 g/mol. The second-order valence-corrected chi connectivity index (χ2v) is 3.76. The van der Waals surface area contributed by atoms with Gasteiger partial charge in [0, 0.05) is 20.3 Å². The van der Waals surface area contributed by atoms with Crippen molar-refractivity contribution in [1.29, 1.82) is 0 Å². The third-order valence-corrected chi connectivity index (χ3v) is 2.20. The van der Waals surface area contributed by atoms with Gasteiger partial charge in [0.15, 0.2) is 0 Å². The van der Waals surface area contributed by atoms with Crippen LogP contribution in [0.5, 0.6) is 0 Å². The molecule has 86 valence electrons. The largest absolute Gasteiger partial charge is 0.463 e. The minimum Gasteiger partial charge on any atom is -0.463 e. The molecule has 1 saturated heterocycles. The molecule has 0 amide bonds. The summed E-state index contributed by atoms with van der Waals surface area (Å²) in [6.07, 6.45) is -0.503. The first-order valence-electron chi connectivity index (χ1n) is 4.59. The van der Waals surface area contributed by atoms with Crippen LogP contribution in [0.15, 0.2) is 0 Å². The van der Waals surface area contributed by atoms with Gasteiger partial charge in [-0.15, -0.1) is 0 Å². The number of carbonyl (C=O) groups excluding carboxylic acids is 2. The minimum absolute atomic E-state index is 0.0521. The van der Waals surface area contributed by atoms with E-state index in [1.54, 1.807) is 0 Å². The standard InChI is InChI=1S/C9H13ClO5/c1-5(11)13-4-8-7(14-6(2)12)3-9(10)15-8/h7-9H,3-4H2,1-2H3/t7-,8-,9-/m1/s1. The summed E-state index contributed by atoms with van der Waals surface area (Å²) in [6.45, 7) is 2.66. The van der Waals surface area contributed by atoms with Crippen molar-refractivity contribution in [2.45, 2.75) is 38.0 Å². The maximum absolute atomic E-state index is 10.8. The van der Waals surface area contributed by atoms with E-state index in [1.807, 2.05) is 0 Å². The van der Waals surface area contributed by atoms with Crippen molar-refractivity contribution in [3.8, 4) is 0 Å². The summed E-state index contributed by atoms with van der Waals surface area (Å²) in [5.41, 5.74) is -0.505. The molecular weight excluding hydrogens is 224 g/mol. The van der Waals surface area contributed by atoms with Crippen LogP contribution >= 0.6 is 11.6 Å². The Kier molecular flexibility index (Phi) is 4.35. The third-order valence-electron chi connectivity index (χ3n) is 1.92. The van der Waals surface area contributed by atoms with E-state index in [0.717, 1.165) is 0 Å². The summed E-state index contributed by atoms with van der Waals surface area (Å²) in [6, 6.07) is 0. The van der Waals surface area contributed by atoms with Crippen molar-refractivity contribution in [3.63, 3.8) is 0 Å².